The lowest BCUT2D eigenvalue weighted by atomic mass is 10.1. The van der Waals surface area contributed by atoms with Gasteiger partial charge < -0.3 is 20.3 Å². The van der Waals surface area contributed by atoms with Crippen molar-refractivity contribution in [2.45, 2.75) is 57.7 Å². The first-order valence-electron chi connectivity index (χ1n) is 7.79. The van der Waals surface area contributed by atoms with Crippen LogP contribution in [0.4, 0.5) is 0 Å². The molecule has 0 radical (unpaired) electrons. The molecule has 2 aliphatic rings. The molecule has 1 aliphatic carbocycles. The Bertz CT molecular complexity index is 388. The average molecular weight is 297 g/mol. The number of rotatable bonds is 5. The molecule has 2 N–H and O–H groups in total. The van der Waals surface area contributed by atoms with Crippen LogP contribution < -0.4 is 10.6 Å². The van der Waals surface area contributed by atoms with Crippen LogP contribution in [0.15, 0.2) is 0 Å². The summed E-state index contributed by atoms with van der Waals surface area (Å²) in [5, 5.41) is 6.26. The number of ether oxygens (including phenoxy) is 1. The van der Waals surface area contributed by atoms with E-state index in [2.05, 4.69) is 31.4 Å². The zero-order chi connectivity index (χ0) is 15.5. The zero-order valence-corrected chi connectivity index (χ0v) is 13.3. The van der Waals surface area contributed by atoms with Gasteiger partial charge >= 0.3 is 0 Å². The largest absolute Gasteiger partial charge is 0.377 e. The van der Waals surface area contributed by atoms with Crippen molar-refractivity contribution in [3.05, 3.63) is 0 Å². The van der Waals surface area contributed by atoms with Gasteiger partial charge in [-0.25, -0.2) is 0 Å². The average Bonchev–Trinajstić information content (AvgIpc) is 3.21. The van der Waals surface area contributed by atoms with Gasteiger partial charge in [-0.2, -0.15) is 0 Å². The van der Waals surface area contributed by atoms with Gasteiger partial charge in [-0.1, -0.05) is 0 Å². The van der Waals surface area contributed by atoms with Gasteiger partial charge in [0.05, 0.1) is 13.2 Å². The summed E-state index contributed by atoms with van der Waals surface area (Å²) in [5.74, 6) is -0.0553. The molecule has 1 atom stereocenters. The zero-order valence-electron chi connectivity index (χ0n) is 13.3. The fraction of sp³-hybridized carbons (Fsp3) is 0.867. The standard InChI is InChI=1S/C15H27N3O3/c1-15(2,3)16-7-6-13(19)18-8-9-21-10-12(18)14(20)17-11-4-5-11/h11-12,16H,4-10H2,1-3H3,(H,17,20). The van der Waals surface area contributed by atoms with Crippen molar-refractivity contribution in [1.82, 2.24) is 15.5 Å². The molecule has 1 unspecified atom stereocenters. The molecule has 0 bridgehead atoms. The van der Waals surface area contributed by atoms with Crippen LogP contribution in [0.1, 0.15) is 40.0 Å². The summed E-state index contributed by atoms with van der Waals surface area (Å²) < 4.78 is 5.37. The fourth-order valence-electron chi connectivity index (χ4n) is 2.33. The summed E-state index contributed by atoms with van der Waals surface area (Å²) in [7, 11) is 0. The molecule has 6 heteroatoms. The Morgan fingerprint density at radius 3 is 2.62 bits per heavy atom. The first-order chi connectivity index (χ1) is 9.87. The van der Waals surface area contributed by atoms with Crippen molar-refractivity contribution in [3.63, 3.8) is 0 Å². The summed E-state index contributed by atoms with van der Waals surface area (Å²) in [6.07, 6.45) is 2.50. The third-order valence-corrected chi connectivity index (χ3v) is 3.67. The maximum atomic E-state index is 12.4. The van der Waals surface area contributed by atoms with Crippen molar-refractivity contribution < 1.29 is 14.3 Å². The van der Waals surface area contributed by atoms with E-state index in [-0.39, 0.29) is 17.4 Å². The third-order valence-electron chi connectivity index (χ3n) is 3.67. The van der Waals surface area contributed by atoms with Crippen molar-refractivity contribution in [2.24, 2.45) is 0 Å². The van der Waals surface area contributed by atoms with Crippen molar-refractivity contribution in [1.29, 1.82) is 0 Å². The van der Waals surface area contributed by atoms with E-state index < -0.39 is 6.04 Å². The van der Waals surface area contributed by atoms with E-state index in [0.29, 0.717) is 38.8 Å². The van der Waals surface area contributed by atoms with Crippen LogP contribution in [0.5, 0.6) is 0 Å². The molecule has 21 heavy (non-hydrogen) atoms. The van der Waals surface area contributed by atoms with Crippen LogP contribution in [-0.2, 0) is 14.3 Å². The van der Waals surface area contributed by atoms with Gasteiger partial charge in [0.25, 0.3) is 0 Å². The molecule has 1 heterocycles. The van der Waals surface area contributed by atoms with Gasteiger partial charge in [0, 0.05) is 31.1 Å². The van der Waals surface area contributed by atoms with Gasteiger partial charge in [-0.3, -0.25) is 9.59 Å². The minimum Gasteiger partial charge on any atom is -0.377 e. The van der Waals surface area contributed by atoms with E-state index in [9.17, 15) is 9.59 Å². The maximum absolute atomic E-state index is 12.4. The SMILES string of the molecule is CC(C)(C)NCCC(=O)N1CCOCC1C(=O)NC1CC1. The highest BCUT2D eigenvalue weighted by atomic mass is 16.5. The van der Waals surface area contributed by atoms with Gasteiger partial charge in [0.15, 0.2) is 0 Å². The molecule has 0 aromatic heterocycles. The number of nitrogens with zero attached hydrogens (tertiary/aromatic N) is 1. The molecule has 1 aliphatic heterocycles. The van der Waals surface area contributed by atoms with Gasteiger partial charge in [-0.05, 0) is 33.6 Å². The predicted octanol–water partition coefficient (Wildman–Crippen LogP) is 0.271. The minimum atomic E-state index is -0.471. The van der Waals surface area contributed by atoms with Gasteiger partial charge in [0.1, 0.15) is 6.04 Å². The summed E-state index contributed by atoms with van der Waals surface area (Å²) in [5.41, 5.74) is -0.00591. The fourth-order valence-corrected chi connectivity index (χ4v) is 2.33. The second kappa shape index (κ2) is 6.75. The summed E-state index contributed by atoms with van der Waals surface area (Å²) in [4.78, 5) is 26.2. The highest BCUT2D eigenvalue weighted by Gasteiger charge is 2.35. The number of morpholine rings is 1. The van der Waals surface area contributed by atoms with E-state index in [1.165, 1.54) is 0 Å². The maximum Gasteiger partial charge on any atom is 0.245 e. The van der Waals surface area contributed by atoms with Crippen LogP contribution in [0, 0.1) is 0 Å². The second-order valence-corrected chi connectivity index (χ2v) is 6.89. The molecule has 0 spiro atoms. The van der Waals surface area contributed by atoms with Crippen molar-refractivity contribution in [2.75, 3.05) is 26.3 Å². The first kappa shape index (κ1) is 16.2. The summed E-state index contributed by atoms with van der Waals surface area (Å²) >= 11 is 0. The molecule has 6 nitrogen and oxygen atoms in total. The van der Waals surface area contributed by atoms with E-state index in [0.717, 1.165) is 12.8 Å². The number of nitrogens with one attached hydrogen (secondary N) is 2. The molecule has 1 saturated heterocycles. The monoisotopic (exact) mass is 297 g/mol. The molecule has 120 valence electrons. The Kier molecular flexibility index (Phi) is 5.22. The minimum absolute atomic E-state index is 0.00591. The van der Waals surface area contributed by atoms with Gasteiger partial charge in [-0.15, -0.1) is 0 Å². The quantitative estimate of drug-likeness (QED) is 0.764. The molecule has 1 saturated carbocycles. The van der Waals surface area contributed by atoms with Crippen LogP contribution in [0.2, 0.25) is 0 Å². The van der Waals surface area contributed by atoms with Crippen LogP contribution in [-0.4, -0.2) is 60.6 Å². The number of hydrogen-bond acceptors (Lipinski definition) is 4. The van der Waals surface area contributed by atoms with E-state index in [1.807, 2.05) is 0 Å². The summed E-state index contributed by atoms with van der Waals surface area (Å²) in [6, 6.07) is -0.166. The third kappa shape index (κ3) is 5.28. The Labute approximate surface area is 126 Å². The molecule has 2 amide bonds. The molecular formula is C15H27N3O3. The van der Waals surface area contributed by atoms with Crippen molar-refractivity contribution >= 4 is 11.8 Å². The molecule has 0 aromatic rings. The topological polar surface area (TPSA) is 70.7 Å². The Morgan fingerprint density at radius 1 is 1.29 bits per heavy atom. The Morgan fingerprint density at radius 2 is 2.00 bits per heavy atom. The number of amides is 2. The molecular weight excluding hydrogens is 270 g/mol. The van der Waals surface area contributed by atoms with Crippen LogP contribution in [0.3, 0.4) is 0 Å². The highest BCUT2D eigenvalue weighted by molar-refractivity contribution is 5.88. The smallest absolute Gasteiger partial charge is 0.245 e. The highest BCUT2D eigenvalue weighted by Crippen LogP contribution is 2.19. The summed E-state index contributed by atoms with van der Waals surface area (Å²) in [6.45, 7) is 8.13. The molecule has 0 aromatic carbocycles. The van der Waals surface area contributed by atoms with Gasteiger partial charge in [0.2, 0.25) is 11.8 Å². The van der Waals surface area contributed by atoms with E-state index in [1.54, 1.807) is 4.90 Å². The first-order valence-corrected chi connectivity index (χ1v) is 7.79. The Hall–Kier alpha value is -1.14. The predicted molar refractivity (Wildman–Crippen MR) is 79.9 cm³/mol. The lowest BCUT2D eigenvalue weighted by Crippen LogP contribution is -2.56. The van der Waals surface area contributed by atoms with Crippen LogP contribution in [0.25, 0.3) is 0 Å². The lowest BCUT2D eigenvalue weighted by Gasteiger charge is -2.35. The molecule has 2 rings (SSSR count). The lowest BCUT2D eigenvalue weighted by molar-refractivity contribution is -0.148. The van der Waals surface area contributed by atoms with E-state index in [4.69, 9.17) is 4.74 Å². The van der Waals surface area contributed by atoms with Crippen molar-refractivity contribution in [3.8, 4) is 0 Å². The van der Waals surface area contributed by atoms with E-state index >= 15 is 0 Å². The normalized spacial score (nSPS) is 23.0. The second-order valence-electron chi connectivity index (χ2n) is 6.89. The van der Waals surface area contributed by atoms with Crippen LogP contribution >= 0.6 is 0 Å². The number of carbonyl (C=O) groups is 2. The number of hydrogen-bond donors (Lipinski definition) is 2. The molecule has 2 fully saturated rings. The number of carbonyl (C=O) groups excluding carboxylic acids is 2. The Balaban J connectivity index is 1.84.